The molecule has 26 heavy (non-hydrogen) atoms. The first-order valence-corrected chi connectivity index (χ1v) is 9.64. The molecule has 6 heteroatoms. The number of anilines is 2. The Morgan fingerprint density at radius 3 is 2.12 bits per heavy atom. The van der Waals surface area contributed by atoms with E-state index in [2.05, 4.69) is 22.2 Å². The second-order valence-electron chi connectivity index (χ2n) is 7.35. The molecule has 142 valence electrons. The van der Waals surface area contributed by atoms with E-state index < -0.39 is 5.41 Å². The normalized spacial score (nSPS) is 19.1. The minimum absolute atomic E-state index is 0.0333. The van der Waals surface area contributed by atoms with Gasteiger partial charge in [-0.25, -0.2) is 0 Å². The van der Waals surface area contributed by atoms with E-state index in [0.29, 0.717) is 25.9 Å². The number of hydrogen-bond acceptors (Lipinski definition) is 4. The van der Waals surface area contributed by atoms with Gasteiger partial charge < -0.3 is 20.0 Å². The van der Waals surface area contributed by atoms with Crippen molar-refractivity contribution in [2.24, 2.45) is 5.41 Å². The summed E-state index contributed by atoms with van der Waals surface area (Å²) >= 11 is 0. The fourth-order valence-electron chi connectivity index (χ4n) is 3.55. The number of nitrogens with zero attached hydrogens (tertiary/aromatic N) is 3. The van der Waals surface area contributed by atoms with Gasteiger partial charge in [-0.2, -0.15) is 0 Å². The Hall–Kier alpha value is -2.08. The van der Waals surface area contributed by atoms with Crippen LogP contribution < -0.4 is 10.2 Å². The molecule has 1 aromatic rings. The van der Waals surface area contributed by atoms with Gasteiger partial charge in [0.15, 0.2) is 0 Å². The highest BCUT2D eigenvalue weighted by Crippen LogP contribution is 2.48. The van der Waals surface area contributed by atoms with Crippen molar-refractivity contribution in [2.45, 2.75) is 26.7 Å². The summed E-state index contributed by atoms with van der Waals surface area (Å²) in [6, 6.07) is 7.96. The Labute approximate surface area is 156 Å². The number of piperazine rings is 1. The molecule has 0 unspecified atom stereocenters. The summed E-state index contributed by atoms with van der Waals surface area (Å²) in [7, 11) is 2.14. The van der Waals surface area contributed by atoms with Crippen LogP contribution in [0, 0.1) is 5.41 Å². The number of likely N-dealkylation sites (N-methyl/N-ethyl adjacent to an activating group) is 1. The molecule has 0 atom stereocenters. The van der Waals surface area contributed by atoms with E-state index in [1.807, 2.05) is 38.1 Å². The summed E-state index contributed by atoms with van der Waals surface area (Å²) in [5.41, 5.74) is 1.09. The van der Waals surface area contributed by atoms with Gasteiger partial charge in [-0.05, 0) is 58.0 Å². The summed E-state index contributed by atoms with van der Waals surface area (Å²) in [5.74, 6) is -0.198. The molecule has 1 aliphatic carbocycles. The molecule has 0 spiro atoms. The Kier molecular flexibility index (Phi) is 5.51. The Morgan fingerprint density at radius 1 is 1.04 bits per heavy atom. The van der Waals surface area contributed by atoms with Crippen molar-refractivity contribution in [3.8, 4) is 0 Å². The smallest absolute Gasteiger partial charge is 0.240 e. The average Bonchev–Trinajstić information content (AvgIpc) is 3.46. The van der Waals surface area contributed by atoms with Gasteiger partial charge in [-0.15, -0.1) is 0 Å². The molecule has 0 radical (unpaired) electrons. The summed E-state index contributed by atoms with van der Waals surface area (Å²) in [6.07, 6.45) is 1.29. The van der Waals surface area contributed by atoms with Crippen LogP contribution in [0.4, 0.5) is 11.4 Å². The van der Waals surface area contributed by atoms with E-state index in [1.54, 1.807) is 4.90 Å². The molecule has 6 nitrogen and oxygen atoms in total. The van der Waals surface area contributed by atoms with Gasteiger partial charge in [0.1, 0.15) is 5.41 Å². The maximum atomic E-state index is 12.7. The zero-order chi connectivity index (χ0) is 18.7. The lowest BCUT2D eigenvalue weighted by Gasteiger charge is -2.34. The number of amides is 2. The Bertz CT molecular complexity index is 642. The van der Waals surface area contributed by atoms with E-state index in [0.717, 1.165) is 31.9 Å². The number of hydrogen-bond donors (Lipinski definition) is 1. The zero-order valence-corrected chi connectivity index (χ0v) is 16.1. The Balaban J connectivity index is 1.62. The summed E-state index contributed by atoms with van der Waals surface area (Å²) in [4.78, 5) is 31.8. The predicted octanol–water partition coefficient (Wildman–Crippen LogP) is 2.03. The van der Waals surface area contributed by atoms with E-state index in [9.17, 15) is 9.59 Å². The van der Waals surface area contributed by atoms with E-state index in [-0.39, 0.29) is 11.8 Å². The third-order valence-electron chi connectivity index (χ3n) is 5.64. The van der Waals surface area contributed by atoms with Crippen molar-refractivity contribution in [3.63, 3.8) is 0 Å². The minimum Gasteiger partial charge on any atom is -0.369 e. The van der Waals surface area contributed by atoms with Crippen LogP contribution >= 0.6 is 0 Å². The second kappa shape index (κ2) is 7.66. The molecule has 0 bridgehead atoms. The first-order valence-electron chi connectivity index (χ1n) is 9.64. The summed E-state index contributed by atoms with van der Waals surface area (Å²) in [6.45, 7) is 9.35. The highest BCUT2D eigenvalue weighted by molar-refractivity contribution is 6.13. The van der Waals surface area contributed by atoms with Gasteiger partial charge in [0.2, 0.25) is 11.8 Å². The standard InChI is InChI=1S/C20H30N4O2/c1-4-23(5-2)19(26)20(10-11-20)18(25)21-16-6-8-17(9-7-16)24-14-12-22(3)13-15-24/h6-9H,4-5,10-15H2,1-3H3,(H,21,25). The molecule has 2 fully saturated rings. The van der Waals surface area contributed by atoms with Crippen molar-refractivity contribution in [1.82, 2.24) is 9.80 Å². The highest BCUT2D eigenvalue weighted by atomic mass is 16.2. The number of nitrogens with one attached hydrogen (secondary N) is 1. The molecule has 1 aliphatic heterocycles. The van der Waals surface area contributed by atoms with Crippen LogP contribution in [0.1, 0.15) is 26.7 Å². The minimum atomic E-state index is -0.845. The summed E-state index contributed by atoms with van der Waals surface area (Å²) < 4.78 is 0. The summed E-state index contributed by atoms with van der Waals surface area (Å²) in [5, 5.41) is 2.95. The van der Waals surface area contributed by atoms with Crippen LogP contribution in [0.3, 0.4) is 0 Å². The molecular formula is C20H30N4O2. The lowest BCUT2D eigenvalue weighted by molar-refractivity contribution is -0.141. The zero-order valence-electron chi connectivity index (χ0n) is 16.1. The van der Waals surface area contributed by atoms with Gasteiger partial charge in [0.05, 0.1) is 0 Å². The molecule has 1 N–H and O–H groups in total. The van der Waals surface area contributed by atoms with Gasteiger partial charge in [-0.3, -0.25) is 9.59 Å². The molecule has 1 saturated heterocycles. The molecule has 1 saturated carbocycles. The molecule has 3 rings (SSSR count). The molecule has 1 heterocycles. The van der Waals surface area contributed by atoms with E-state index >= 15 is 0 Å². The average molecular weight is 358 g/mol. The van der Waals surface area contributed by atoms with E-state index in [1.165, 1.54) is 5.69 Å². The molecule has 2 aliphatic rings. The first-order chi connectivity index (χ1) is 12.5. The lowest BCUT2D eigenvalue weighted by Crippen LogP contribution is -2.44. The van der Waals surface area contributed by atoms with Crippen molar-refractivity contribution >= 4 is 23.2 Å². The predicted molar refractivity (Wildman–Crippen MR) is 104 cm³/mol. The number of benzene rings is 1. The molecule has 1 aromatic carbocycles. The van der Waals surface area contributed by atoms with Crippen LogP contribution in [-0.2, 0) is 9.59 Å². The van der Waals surface area contributed by atoms with Crippen LogP contribution in [0.5, 0.6) is 0 Å². The van der Waals surface area contributed by atoms with Crippen molar-refractivity contribution in [3.05, 3.63) is 24.3 Å². The van der Waals surface area contributed by atoms with Crippen molar-refractivity contribution < 1.29 is 9.59 Å². The maximum absolute atomic E-state index is 12.7. The molecular weight excluding hydrogens is 328 g/mol. The largest absolute Gasteiger partial charge is 0.369 e. The van der Waals surface area contributed by atoms with E-state index in [4.69, 9.17) is 0 Å². The third kappa shape index (κ3) is 3.70. The first kappa shape index (κ1) is 18.7. The van der Waals surface area contributed by atoms with Crippen LogP contribution in [-0.4, -0.2) is 67.9 Å². The topological polar surface area (TPSA) is 55.9 Å². The van der Waals surface area contributed by atoms with Gasteiger partial charge in [0, 0.05) is 50.6 Å². The van der Waals surface area contributed by atoms with Crippen molar-refractivity contribution in [2.75, 3.05) is 56.5 Å². The van der Waals surface area contributed by atoms with Gasteiger partial charge in [0.25, 0.3) is 0 Å². The number of carbonyl (C=O) groups is 2. The van der Waals surface area contributed by atoms with Crippen LogP contribution in [0.15, 0.2) is 24.3 Å². The second-order valence-corrected chi connectivity index (χ2v) is 7.35. The SMILES string of the molecule is CCN(CC)C(=O)C1(C(=O)Nc2ccc(N3CCN(C)CC3)cc2)CC1. The molecule has 2 amide bonds. The van der Waals surface area contributed by atoms with Crippen LogP contribution in [0.2, 0.25) is 0 Å². The lowest BCUT2D eigenvalue weighted by atomic mass is 10.0. The van der Waals surface area contributed by atoms with Crippen molar-refractivity contribution in [1.29, 1.82) is 0 Å². The fraction of sp³-hybridized carbons (Fsp3) is 0.600. The Morgan fingerprint density at radius 2 is 1.62 bits per heavy atom. The van der Waals surface area contributed by atoms with Gasteiger partial charge in [-0.1, -0.05) is 0 Å². The third-order valence-corrected chi connectivity index (χ3v) is 5.64. The fourth-order valence-corrected chi connectivity index (χ4v) is 3.55. The van der Waals surface area contributed by atoms with Gasteiger partial charge >= 0.3 is 0 Å². The van der Waals surface area contributed by atoms with Crippen LogP contribution in [0.25, 0.3) is 0 Å². The number of carbonyl (C=O) groups excluding carboxylic acids is 2. The molecule has 0 aromatic heterocycles. The maximum Gasteiger partial charge on any atom is 0.240 e. The quantitative estimate of drug-likeness (QED) is 0.791. The number of rotatable bonds is 6. The highest BCUT2D eigenvalue weighted by Gasteiger charge is 2.57. The monoisotopic (exact) mass is 358 g/mol.